The van der Waals surface area contributed by atoms with Gasteiger partial charge in [-0.3, -0.25) is 0 Å². The number of rotatable bonds is 4. The molecule has 4 nitrogen and oxygen atoms in total. The van der Waals surface area contributed by atoms with Crippen molar-refractivity contribution in [2.45, 2.75) is 69.1 Å². The minimum Gasteiger partial charge on any atom is -0.497 e. The largest absolute Gasteiger partial charge is 0.497 e. The highest BCUT2D eigenvalue weighted by Gasteiger charge is 2.53. The Balaban J connectivity index is 0.000000176. The van der Waals surface area contributed by atoms with Gasteiger partial charge in [-0.25, -0.2) is 0 Å². The summed E-state index contributed by atoms with van der Waals surface area (Å²) >= 11 is 0. The van der Waals surface area contributed by atoms with Crippen LogP contribution >= 0.6 is 0 Å². The van der Waals surface area contributed by atoms with Crippen LogP contribution in [0.4, 0.5) is 0 Å². The average Bonchev–Trinajstić information content (AvgIpc) is 2.86. The van der Waals surface area contributed by atoms with Gasteiger partial charge in [-0.15, -0.1) is 0 Å². The molecule has 1 heterocycles. The molecule has 2 bridgehead atoms. The molecule has 2 fully saturated rings. The van der Waals surface area contributed by atoms with Crippen LogP contribution in [0.1, 0.15) is 61.8 Å². The van der Waals surface area contributed by atoms with E-state index < -0.39 is 6.10 Å². The Kier molecular flexibility index (Phi) is 7.24. The fourth-order valence-corrected chi connectivity index (χ4v) is 6.40. The van der Waals surface area contributed by atoms with Gasteiger partial charge in [-0.2, -0.15) is 0 Å². The number of hydrogen-bond donors (Lipinski definition) is 2. The summed E-state index contributed by atoms with van der Waals surface area (Å²) in [5.41, 5.74) is 4.63. The molecule has 0 aromatic heterocycles. The maximum atomic E-state index is 9.73. The van der Waals surface area contributed by atoms with Crippen LogP contribution in [0.5, 0.6) is 5.75 Å². The second kappa shape index (κ2) is 9.94. The third kappa shape index (κ3) is 4.33. The molecule has 5 rings (SSSR count). The molecule has 1 saturated carbocycles. The number of nitrogens with zero attached hydrogens (tertiary/aromatic N) is 1. The predicted molar refractivity (Wildman–Crippen MR) is 131 cm³/mol. The minimum absolute atomic E-state index is 0.0902. The summed E-state index contributed by atoms with van der Waals surface area (Å²) in [6.07, 6.45) is 7.80. The average molecular weight is 437 g/mol. The summed E-state index contributed by atoms with van der Waals surface area (Å²) in [6.45, 7) is 3.22. The zero-order valence-corrected chi connectivity index (χ0v) is 20.2. The topological polar surface area (TPSA) is 44.7 Å². The summed E-state index contributed by atoms with van der Waals surface area (Å²) < 4.78 is 5.51. The molecule has 0 unspecified atom stereocenters. The molecule has 2 aliphatic carbocycles. The molecule has 2 aromatic carbocycles. The smallest absolute Gasteiger partial charge is 0.119 e. The number of hydrogen-bond acceptors (Lipinski definition) is 4. The van der Waals surface area contributed by atoms with E-state index in [9.17, 15) is 5.11 Å². The number of benzene rings is 2. The van der Waals surface area contributed by atoms with Crippen molar-refractivity contribution >= 4 is 0 Å². The number of piperidine rings is 1. The molecule has 4 heteroatoms. The van der Waals surface area contributed by atoms with Crippen molar-refractivity contribution in [1.29, 1.82) is 0 Å². The van der Waals surface area contributed by atoms with E-state index in [4.69, 9.17) is 4.74 Å². The lowest BCUT2D eigenvalue weighted by atomic mass is 9.52. The molecule has 0 spiro atoms. The first-order chi connectivity index (χ1) is 15.5. The van der Waals surface area contributed by atoms with E-state index in [0.717, 1.165) is 23.3 Å². The summed E-state index contributed by atoms with van der Waals surface area (Å²) in [5, 5.41) is 12.7. The van der Waals surface area contributed by atoms with E-state index in [0.29, 0.717) is 5.41 Å². The molecule has 32 heavy (non-hydrogen) atoms. The summed E-state index contributed by atoms with van der Waals surface area (Å²) in [6, 6.07) is 17.4. The summed E-state index contributed by atoms with van der Waals surface area (Å²) in [5.74, 6) is 1.91. The highest BCUT2D eigenvalue weighted by Crippen LogP contribution is 2.55. The van der Waals surface area contributed by atoms with Gasteiger partial charge in [0.05, 0.1) is 13.2 Å². The van der Waals surface area contributed by atoms with Crippen LogP contribution < -0.4 is 10.1 Å². The van der Waals surface area contributed by atoms with Gasteiger partial charge in [0, 0.05) is 17.5 Å². The number of fused-ring (bicyclic) bond motifs is 1. The highest BCUT2D eigenvalue weighted by atomic mass is 16.5. The molecule has 0 amide bonds. The lowest BCUT2D eigenvalue weighted by Gasteiger charge is -2.58. The van der Waals surface area contributed by atoms with Crippen molar-refractivity contribution in [3.63, 3.8) is 0 Å². The molecular weight excluding hydrogens is 396 g/mol. The quantitative estimate of drug-likeness (QED) is 0.729. The van der Waals surface area contributed by atoms with Crippen LogP contribution in [-0.4, -0.2) is 49.8 Å². The van der Waals surface area contributed by atoms with Crippen molar-refractivity contribution in [3.05, 3.63) is 65.2 Å². The van der Waals surface area contributed by atoms with Crippen LogP contribution in [0, 0.1) is 5.92 Å². The third-order valence-corrected chi connectivity index (χ3v) is 8.39. The van der Waals surface area contributed by atoms with Crippen molar-refractivity contribution in [3.8, 4) is 5.75 Å². The predicted octanol–water partition coefficient (Wildman–Crippen LogP) is 4.71. The number of likely N-dealkylation sites (N-methyl/N-ethyl adjacent to an activating group) is 2. The fourth-order valence-electron chi connectivity index (χ4n) is 6.40. The molecule has 2 aromatic rings. The number of likely N-dealkylation sites (tertiary alicyclic amines) is 1. The first-order valence-corrected chi connectivity index (χ1v) is 12.3. The van der Waals surface area contributed by atoms with Gasteiger partial charge in [-0.05, 0) is 88.0 Å². The zero-order valence-electron chi connectivity index (χ0n) is 20.2. The Hall–Kier alpha value is -1.88. The Morgan fingerprint density at radius 1 is 1.12 bits per heavy atom. The van der Waals surface area contributed by atoms with E-state index >= 15 is 0 Å². The van der Waals surface area contributed by atoms with E-state index in [2.05, 4.69) is 35.5 Å². The van der Waals surface area contributed by atoms with Crippen LogP contribution in [0.25, 0.3) is 0 Å². The maximum Gasteiger partial charge on any atom is 0.119 e. The number of methoxy groups -OCH3 is 1. The number of aliphatic hydroxyl groups is 1. The van der Waals surface area contributed by atoms with E-state index in [1.165, 1.54) is 45.1 Å². The Labute approximate surface area is 194 Å². The minimum atomic E-state index is -0.420. The lowest BCUT2D eigenvalue weighted by molar-refractivity contribution is 0.00274. The van der Waals surface area contributed by atoms with Gasteiger partial charge in [0.2, 0.25) is 0 Å². The van der Waals surface area contributed by atoms with Crippen molar-refractivity contribution in [2.24, 2.45) is 5.92 Å². The molecule has 174 valence electrons. The normalized spacial score (nSPS) is 28.4. The maximum absolute atomic E-state index is 9.73. The highest BCUT2D eigenvalue weighted by molar-refractivity contribution is 5.45. The van der Waals surface area contributed by atoms with E-state index in [1.807, 2.05) is 44.3 Å². The number of nitrogens with one attached hydrogen (secondary N) is 1. The Bertz CT molecular complexity index is 886. The lowest BCUT2D eigenvalue weighted by Crippen LogP contribution is -2.59. The molecule has 3 aliphatic rings. The van der Waals surface area contributed by atoms with Crippen molar-refractivity contribution < 1.29 is 9.84 Å². The first-order valence-electron chi connectivity index (χ1n) is 12.3. The van der Waals surface area contributed by atoms with Crippen molar-refractivity contribution in [1.82, 2.24) is 10.2 Å². The number of aliphatic hydroxyl groups excluding tert-OH is 1. The van der Waals surface area contributed by atoms with Gasteiger partial charge in [0.25, 0.3) is 0 Å². The van der Waals surface area contributed by atoms with Crippen molar-refractivity contribution in [2.75, 3.05) is 27.7 Å². The first kappa shape index (κ1) is 23.3. The van der Waals surface area contributed by atoms with E-state index in [-0.39, 0.29) is 6.04 Å². The van der Waals surface area contributed by atoms with Gasteiger partial charge in [0.15, 0.2) is 0 Å². The van der Waals surface area contributed by atoms with Crippen LogP contribution in [0.15, 0.2) is 48.5 Å². The molecule has 5 atom stereocenters. The number of ether oxygens (including phenoxy) is 1. The summed E-state index contributed by atoms with van der Waals surface area (Å²) in [7, 11) is 5.96. The SMILES string of the molecule is CN[C@@H](C)[C@@H](O)c1ccccc1.COc1ccc2c(c1)[C@]13CCCC[C@@H]1[C@H](C2)N(C)CC3. The van der Waals surface area contributed by atoms with E-state index in [1.54, 1.807) is 18.2 Å². The molecule has 2 N–H and O–H groups in total. The molecule has 0 radical (unpaired) electrons. The standard InChI is InChI=1S/C18H25NO.C10H15NO/c1-19-10-9-18-8-4-3-5-15(18)17(19)11-13-6-7-14(20-2)12-16(13)18;1-8(11-2)10(12)9-6-4-3-5-7-9/h6-7,12,15,17H,3-5,8-11H2,1-2H3;3-8,10-12H,1-2H3/t15-,17+,18+;8-,10+/m10/s1. The third-order valence-electron chi connectivity index (χ3n) is 8.39. The van der Waals surface area contributed by atoms with Crippen LogP contribution in [-0.2, 0) is 11.8 Å². The molecule has 1 saturated heterocycles. The van der Waals surface area contributed by atoms with Gasteiger partial charge in [-0.1, -0.05) is 49.2 Å². The summed E-state index contributed by atoms with van der Waals surface area (Å²) in [4.78, 5) is 2.63. The fraction of sp³-hybridized carbons (Fsp3) is 0.571. The Morgan fingerprint density at radius 2 is 1.91 bits per heavy atom. The van der Waals surface area contributed by atoms with Gasteiger partial charge >= 0.3 is 0 Å². The molecule has 1 aliphatic heterocycles. The second-order valence-electron chi connectivity index (χ2n) is 9.97. The zero-order chi connectivity index (χ0) is 22.7. The van der Waals surface area contributed by atoms with Gasteiger partial charge in [0.1, 0.15) is 5.75 Å². The van der Waals surface area contributed by atoms with Gasteiger partial charge < -0.3 is 20.1 Å². The van der Waals surface area contributed by atoms with Crippen LogP contribution in [0.3, 0.4) is 0 Å². The monoisotopic (exact) mass is 436 g/mol. The second-order valence-corrected chi connectivity index (χ2v) is 9.97. The molecular formula is C28H40N2O2. The Morgan fingerprint density at radius 3 is 2.62 bits per heavy atom. The van der Waals surface area contributed by atoms with Crippen LogP contribution in [0.2, 0.25) is 0 Å².